The van der Waals surface area contributed by atoms with Gasteiger partial charge in [-0.3, -0.25) is 4.79 Å². The van der Waals surface area contributed by atoms with Crippen molar-refractivity contribution in [3.8, 4) is 5.88 Å². The molecule has 0 aromatic carbocycles. The maximum Gasteiger partial charge on any atom is 0.272 e. The summed E-state index contributed by atoms with van der Waals surface area (Å²) in [6, 6.07) is 2.01. The summed E-state index contributed by atoms with van der Waals surface area (Å²) in [4.78, 5) is 12.4. The first kappa shape index (κ1) is 13.2. The first-order valence-corrected chi connectivity index (χ1v) is 8.22. The zero-order valence-corrected chi connectivity index (χ0v) is 12.5. The maximum atomic E-state index is 12.4. The molecule has 4 unspecified atom stereocenters. The van der Waals surface area contributed by atoms with Crippen LogP contribution in [0.1, 0.15) is 49.5 Å². The van der Waals surface area contributed by atoms with E-state index in [0.717, 1.165) is 30.7 Å². The number of aryl methyl sites for hydroxylation is 1. The highest BCUT2D eigenvalue weighted by Gasteiger charge is 2.42. The third kappa shape index (κ3) is 2.32. The van der Waals surface area contributed by atoms with Crippen molar-refractivity contribution in [3.05, 3.63) is 11.8 Å². The lowest BCUT2D eigenvalue weighted by Gasteiger charge is -2.28. The van der Waals surface area contributed by atoms with Crippen LogP contribution in [0.5, 0.6) is 5.88 Å². The van der Waals surface area contributed by atoms with E-state index in [1.807, 2.05) is 0 Å². The van der Waals surface area contributed by atoms with Gasteiger partial charge in [-0.1, -0.05) is 6.42 Å². The minimum Gasteiger partial charge on any atom is -0.478 e. The van der Waals surface area contributed by atoms with E-state index in [0.29, 0.717) is 18.2 Å². The Morgan fingerprint density at radius 2 is 2.38 bits per heavy atom. The molecule has 5 heteroatoms. The molecule has 21 heavy (non-hydrogen) atoms. The number of aromatic nitrogens is 2. The molecule has 4 atom stereocenters. The van der Waals surface area contributed by atoms with Crippen LogP contribution in [0.25, 0.3) is 0 Å². The molecular weight excluding hydrogens is 266 g/mol. The van der Waals surface area contributed by atoms with Crippen LogP contribution in [-0.2, 0) is 6.54 Å². The van der Waals surface area contributed by atoms with E-state index in [-0.39, 0.29) is 11.9 Å². The summed E-state index contributed by atoms with van der Waals surface area (Å²) in [7, 11) is 0. The van der Waals surface area contributed by atoms with Gasteiger partial charge < -0.3 is 10.1 Å². The van der Waals surface area contributed by atoms with Crippen molar-refractivity contribution in [2.75, 3.05) is 6.61 Å². The zero-order chi connectivity index (χ0) is 14.4. The summed E-state index contributed by atoms with van der Waals surface area (Å²) in [6.45, 7) is 3.70. The number of hydrogen-bond donors (Lipinski definition) is 1. The molecule has 1 aliphatic heterocycles. The van der Waals surface area contributed by atoms with E-state index >= 15 is 0 Å². The van der Waals surface area contributed by atoms with Crippen LogP contribution in [0.15, 0.2) is 6.07 Å². The fourth-order valence-electron chi connectivity index (χ4n) is 4.47. The minimum atomic E-state index is -0.0595. The number of ether oxygens (including phenoxy) is 1. The Labute approximate surface area is 125 Å². The molecular formula is C16H23N3O2. The number of nitrogens with zero attached hydrogens (tertiary/aromatic N) is 2. The van der Waals surface area contributed by atoms with Gasteiger partial charge in [-0.2, -0.15) is 5.10 Å². The Balaban J connectivity index is 1.42. The normalized spacial score (nSPS) is 31.6. The third-order valence-electron chi connectivity index (χ3n) is 5.53. The summed E-state index contributed by atoms with van der Waals surface area (Å²) < 4.78 is 7.31. The van der Waals surface area contributed by atoms with Gasteiger partial charge >= 0.3 is 0 Å². The lowest BCUT2D eigenvalue weighted by molar-refractivity contribution is 0.0909. The quantitative estimate of drug-likeness (QED) is 0.928. The van der Waals surface area contributed by atoms with E-state index in [9.17, 15) is 4.79 Å². The highest BCUT2D eigenvalue weighted by Crippen LogP contribution is 2.49. The number of carbonyl (C=O) groups is 1. The molecule has 0 spiro atoms. The molecule has 1 aromatic rings. The van der Waals surface area contributed by atoms with Crippen molar-refractivity contribution < 1.29 is 9.53 Å². The summed E-state index contributed by atoms with van der Waals surface area (Å²) in [6.07, 6.45) is 6.36. The van der Waals surface area contributed by atoms with Crippen molar-refractivity contribution >= 4 is 5.91 Å². The van der Waals surface area contributed by atoms with Gasteiger partial charge in [0.25, 0.3) is 5.91 Å². The summed E-state index contributed by atoms with van der Waals surface area (Å²) in [5.41, 5.74) is 0.488. The Morgan fingerprint density at radius 3 is 3.10 bits per heavy atom. The summed E-state index contributed by atoms with van der Waals surface area (Å²) >= 11 is 0. The first-order chi connectivity index (χ1) is 10.2. The van der Waals surface area contributed by atoms with Crippen molar-refractivity contribution in [2.45, 2.75) is 51.6 Å². The molecule has 1 amide bonds. The number of amides is 1. The van der Waals surface area contributed by atoms with Crippen LogP contribution in [-0.4, -0.2) is 28.3 Å². The summed E-state index contributed by atoms with van der Waals surface area (Å²) in [5, 5.41) is 7.52. The van der Waals surface area contributed by atoms with Crippen LogP contribution >= 0.6 is 0 Å². The fourth-order valence-corrected chi connectivity index (χ4v) is 4.47. The molecule has 0 radical (unpaired) electrons. The van der Waals surface area contributed by atoms with E-state index in [4.69, 9.17) is 4.74 Å². The van der Waals surface area contributed by atoms with E-state index in [1.54, 1.807) is 10.7 Å². The zero-order valence-electron chi connectivity index (χ0n) is 12.5. The second kappa shape index (κ2) is 5.04. The van der Waals surface area contributed by atoms with Gasteiger partial charge in [0.1, 0.15) is 0 Å². The molecule has 1 N–H and O–H groups in total. The molecule has 0 saturated heterocycles. The summed E-state index contributed by atoms with van der Waals surface area (Å²) in [5.74, 6) is 3.05. The van der Waals surface area contributed by atoms with Crippen LogP contribution < -0.4 is 10.1 Å². The largest absolute Gasteiger partial charge is 0.478 e. The molecule has 5 nitrogen and oxygen atoms in total. The van der Waals surface area contributed by atoms with Gasteiger partial charge in [0.2, 0.25) is 5.88 Å². The van der Waals surface area contributed by atoms with Gasteiger partial charge in [0.05, 0.1) is 6.61 Å². The molecule has 2 aliphatic carbocycles. The fraction of sp³-hybridized carbons (Fsp3) is 0.750. The molecule has 2 saturated carbocycles. The van der Waals surface area contributed by atoms with Crippen LogP contribution in [0.4, 0.5) is 0 Å². The van der Waals surface area contributed by atoms with Crippen molar-refractivity contribution in [3.63, 3.8) is 0 Å². The molecule has 3 aliphatic rings. The SMILES string of the molecule is CC(NC(=O)c1cc2n(n1)CCCO2)C1CC2CCC1C2. The number of nitrogens with one attached hydrogen (secondary N) is 1. The Bertz CT molecular complexity index is 530. The van der Waals surface area contributed by atoms with Gasteiger partial charge in [-0.25, -0.2) is 4.68 Å². The van der Waals surface area contributed by atoms with E-state index in [1.165, 1.54) is 25.7 Å². The molecule has 4 rings (SSSR count). The van der Waals surface area contributed by atoms with Crippen molar-refractivity contribution in [1.29, 1.82) is 0 Å². The number of carbonyl (C=O) groups excluding carboxylic acids is 1. The number of hydrogen-bond acceptors (Lipinski definition) is 3. The highest BCUT2D eigenvalue weighted by molar-refractivity contribution is 5.92. The van der Waals surface area contributed by atoms with Crippen molar-refractivity contribution in [2.24, 2.45) is 17.8 Å². The highest BCUT2D eigenvalue weighted by atomic mass is 16.5. The smallest absolute Gasteiger partial charge is 0.272 e. The number of rotatable bonds is 3. The average molecular weight is 289 g/mol. The second-order valence-electron chi connectivity index (χ2n) is 6.89. The Kier molecular flexibility index (Phi) is 3.16. The molecule has 2 bridgehead atoms. The van der Waals surface area contributed by atoms with Gasteiger partial charge in [0.15, 0.2) is 5.69 Å². The molecule has 1 aromatic heterocycles. The number of fused-ring (bicyclic) bond motifs is 3. The van der Waals surface area contributed by atoms with Crippen LogP contribution in [0.3, 0.4) is 0 Å². The Morgan fingerprint density at radius 1 is 1.48 bits per heavy atom. The van der Waals surface area contributed by atoms with Gasteiger partial charge in [0, 0.05) is 25.1 Å². The molecule has 114 valence electrons. The predicted molar refractivity (Wildman–Crippen MR) is 78.2 cm³/mol. The monoisotopic (exact) mass is 289 g/mol. The molecule has 2 fully saturated rings. The minimum absolute atomic E-state index is 0.0595. The van der Waals surface area contributed by atoms with Gasteiger partial charge in [-0.15, -0.1) is 0 Å². The predicted octanol–water partition coefficient (Wildman–Crippen LogP) is 2.22. The van der Waals surface area contributed by atoms with Crippen LogP contribution in [0, 0.1) is 17.8 Å². The van der Waals surface area contributed by atoms with E-state index in [2.05, 4.69) is 17.3 Å². The van der Waals surface area contributed by atoms with E-state index < -0.39 is 0 Å². The van der Waals surface area contributed by atoms with Crippen molar-refractivity contribution in [1.82, 2.24) is 15.1 Å². The first-order valence-electron chi connectivity index (χ1n) is 8.22. The topological polar surface area (TPSA) is 56.2 Å². The van der Waals surface area contributed by atoms with Crippen LogP contribution in [0.2, 0.25) is 0 Å². The lowest BCUT2D eigenvalue weighted by Crippen LogP contribution is -2.40. The molecule has 2 heterocycles. The second-order valence-corrected chi connectivity index (χ2v) is 6.89. The lowest BCUT2D eigenvalue weighted by atomic mass is 9.84. The van der Waals surface area contributed by atoms with Gasteiger partial charge in [-0.05, 0) is 43.9 Å². The standard InChI is InChI=1S/C16H23N3O2/c1-10(13-8-11-3-4-12(13)7-11)17-16(20)14-9-15-19(18-14)5-2-6-21-15/h9-13H,2-8H2,1H3,(H,17,20). The third-order valence-corrected chi connectivity index (χ3v) is 5.53. The maximum absolute atomic E-state index is 12.4. The Hall–Kier alpha value is -1.52. The average Bonchev–Trinajstić information content (AvgIpc) is 3.21.